The van der Waals surface area contributed by atoms with Gasteiger partial charge in [-0.15, -0.1) is 0 Å². The molecule has 1 atom stereocenters. The van der Waals surface area contributed by atoms with Crippen molar-refractivity contribution in [3.63, 3.8) is 0 Å². The lowest BCUT2D eigenvalue weighted by Gasteiger charge is -2.10. The minimum Gasteiger partial charge on any atom is -0.326 e. The van der Waals surface area contributed by atoms with Gasteiger partial charge in [-0.1, -0.05) is 43.8 Å². The highest BCUT2D eigenvalue weighted by atomic mass is 32.2. The fraction of sp³-hybridized carbons (Fsp3) is 0.348. The van der Waals surface area contributed by atoms with E-state index in [1.165, 1.54) is 27.8 Å². The molecule has 5 nitrogen and oxygen atoms in total. The van der Waals surface area contributed by atoms with Crippen molar-refractivity contribution in [3.8, 4) is 0 Å². The molecule has 1 unspecified atom stereocenters. The summed E-state index contributed by atoms with van der Waals surface area (Å²) in [6.45, 7) is 8.33. The third-order valence-electron chi connectivity index (χ3n) is 5.09. The number of nitrogens with zero attached hydrogens (tertiary/aromatic N) is 2. The van der Waals surface area contributed by atoms with Crippen molar-refractivity contribution in [1.82, 2.24) is 4.90 Å². The van der Waals surface area contributed by atoms with Gasteiger partial charge >= 0.3 is 0 Å². The summed E-state index contributed by atoms with van der Waals surface area (Å²) in [7, 11) is 1.71. The van der Waals surface area contributed by atoms with Crippen molar-refractivity contribution in [2.24, 2.45) is 4.99 Å². The van der Waals surface area contributed by atoms with Gasteiger partial charge in [0.2, 0.25) is 11.8 Å². The molecule has 0 radical (unpaired) electrons. The van der Waals surface area contributed by atoms with E-state index in [9.17, 15) is 9.59 Å². The first kappa shape index (κ1) is 21.1. The van der Waals surface area contributed by atoms with Crippen molar-refractivity contribution < 1.29 is 9.59 Å². The molecule has 2 amide bonds. The third-order valence-corrected chi connectivity index (χ3v) is 6.32. The molecule has 1 saturated heterocycles. The van der Waals surface area contributed by atoms with Gasteiger partial charge in [0.15, 0.2) is 5.17 Å². The number of aliphatic imine (C=N–C) groups is 1. The zero-order valence-electron chi connectivity index (χ0n) is 17.5. The van der Waals surface area contributed by atoms with E-state index in [2.05, 4.69) is 36.3 Å². The summed E-state index contributed by atoms with van der Waals surface area (Å²) in [4.78, 5) is 31.2. The first-order valence-corrected chi connectivity index (χ1v) is 10.6. The molecule has 1 N–H and O–H groups in total. The van der Waals surface area contributed by atoms with E-state index in [4.69, 9.17) is 0 Å². The summed E-state index contributed by atoms with van der Waals surface area (Å²) < 4.78 is 0. The van der Waals surface area contributed by atoms with E-state index >= 15 is 0 Å². The summed E-state index contributed by atoms with van der Waals surface area (Å²) in [6, 6.07) is 13.8. The quantitative estimate of drug-likeness (QED) is 0.754. The van der Waals surface area contributed by atoms with Crippen LogP contribution in [0.4, 0.5) is 11.4 Å². The summed E-state index contributed by atoms with van der Waals surface area (Å²) in [6.07, 6.45) is 0.117. The number of benzene rings is 2. The van der Waals surface area contributed by atoms with E-state index in [1.807, 2.05) is 44.2 Å². The molecule has 1 heterocycles. The Hall–Kier alpha value is -2.60. The molecule has 3 rings (SSSR count). The molecule has 2 aromatic carbocycles. The van der Waals surface area contributed by atoms with E-state index in [0.29, 0.717) is 11.1 Å². The van der Waals surface area contributed by atoms with Gasteiger partial charge in [0, 0.05) is 19.2 Å². The van der Waals surface area contributed by atoms with Crippen LogP contribution in [0.25, 0.3) is 0 Å². The molecule has 0 spiro atoms. The molecular formula is C23H27N3O2S. The second-order valence-electron chi connectivity index (χ2n) is 7.70. The minimum atomic E-state index is -0.458. The van der Waals surface area contributed by atoms with Crippen LogP contribution in [0.15, 0.2) is 47.5 Å². The lowest BCUT2D eigenvalue weighted by atomic mass is 10.0. The molecule has 1 fully saturated rings. The predicted octanol–water partition coefficient (Wildman–Crippen LogP) is 5.02. The maximum absolute atomic E-state index is 12.6. The average molecular weight is 410 g/mol. The Balaban J connectivity index is 1.66. The van der Waals surface area contributed by atoms with E-state index in [-0.39, 0.29) is 18.2 Å². The summed E-state index contributed by atoms with van der Waals surface area (Å²) in [5, 5.41) is 3.05. The Morgan fingerprint density at radius 3 is 2.45 bits per heavy atom. The van der Waals surface area contributed by atoms with Crippen LogP contribution in [0.1, 0.15) is 42.9 Å². The lowest BCUT2D eigenvalue weighted by molar-refractivity contribution is -0.127. The Kier molecular flexibility index (Phi) is 6.42. The van der Waals surface area contributed by atoms with E-state index < -0.39 is 5.25 Å². The maximum Gasteiger partial charge on any atom is 0.242 e. The molecule has 0 aliphatic carbocycles. The number of carbonyl (C=O) groups excluding carboxylic acids is 2. The number of nitrogens with one attached hydrogen (secondary N) is 1. The highest BCUT2D eigenvalue weighted by molar-refractivity contribution is 8.15. The Morgan fingerprint density at radius 1 is 1.14 bits per heavy atom. The van der Waals surface area contributed by atoms with Crippen LogP contribution in [-0.2, 0) is 9.59 Å². The van der Waals surface area contributed by atoms with Crippen molar-refractivity contribution in [2.75, 3.05) is 12.4 Å². The standard InChI is InChI=1S/C23H27N3O2S/c1-14(2)17-7-10-18(11-8-17)25-23-26(5)22(28)20(29-23)13-21(27)24-19-9-6-15(3)16(4)12-19/h6-12,14,20H,13H2,1-5H3,(H,24,27). The fourth-order valence-corrected chi connectivity index (χ4v) is 4.20. The molecule has 29 heavy (non-hydrogen) atoms. The van der Waals surface area contributed by atoms with Crippen molar-refractivity contribution >= 4 is 40.1 Å². The van der Waals surface area contributed by atoms with E-state index in [0.717, 1.165) is 16.9 Å². The van der Waals surface area contributed by atoms with E-state index in [1.54, 1.807) is 7.05 Å². The minimum absolute atomic E-state index is 0.0946. The van der Waals surface area contributed by atoms with Crippen LogP contribution < -0.4 is 5.32 Å². The molecule has 152 valence electrons. The second kappa shape index (κ2) is 8.82. The van der Waals surface area contributed by atoms with Gasteiger partial charge < -0.3 is 5.32 Å². The molecular weight excluding hydrogens is 382 g/mol. The Morgan fingerprint density at radius 2 is 1.83 bits per heavy atom. The van der Waals surface area contributed by atoms with Gasteiger partial charge in [-0.3, -0.25) is 14.5 Å². The van der Waals surface area contributed by atoms with Crippen LogP contribution in [0, 0.1) is 13.8 Å². The number of anilines is 1. The van der Waals surface area contributed by atoms with Crippen LogP contribution in [0.5, 0.6) is 0 Å². The highest BCUT2D eigenvalue weighted by Gasteiger charge is 2.37. The Bertz CT molecular complexity index is 951. The number of amidine groups is 1. The van der Waals surface area contributed by atoms with Gasteiger partial charge in [0.25, 0.3) is 0 Å². The van der Waals surface area contributed by atoms with Gasteiger partial charge in [-0.25, -0.2) is 4.99 Å². The second-order valence-corrected chi connectivity index (χ2v) is 8.87. The molecule has 0 bridgehead atoms. The highest BCUT2D eigenvalue weighted by Crippen LogP contribution is 2.31. The zero-order valence-corrected chi connectivity index (χ0v) is 18.3. The lowest BCUT2D eigenvalue weighted by Crippen LogP contribution is -2.30. The molecule has 1 aliphatic heterocycles. The zero-order chi connectivity index (χ0) is 21.1. The van der Waals surface area contributed by atoms with Crippen molar-refractivity contribution in [1.29, 1.82) is 0 Å². The number of rotatable bonds is 5. The fourth-order valence-electron chi connectivity index (χ4n) is 3.04. The smallest absolute Gasteiger partial charge is 0.242 e. The largest absolute Gasteiger partial charge is 0.326 e. The summed E-state index contributed by atoms with van der Waals surface area (Å²) in [5.74, 6) is 0.194. The summed E-state index contributed by atoms with van der Waals surface area (Å²) in [5.41, 5.74) is 5.09. The number of amides is 2. The SMILES string of the molecule is Cc1ccc(NC(=O)CC2SC(=Nc3ccc(C(C)C)cc3)N(C)C2=O)cc1C. The van der Waals surface area contributed by atoms with Crippen molar-refractivity contribution in [3.05, 3.63) is 59.2 Å². The van der Waals surface area contributed by atoms with Crippen LogP contribution in [-0.4, -0.2) is 34.2 Å². The van der Waals surface area contributed by atoms with Gasteiger partial charge in [-0.05, 0) is 60.7 Å². The molecule has 6 heteroatoms. The molecule has 1 aliphatic rings. The maximum atomic E-state index is 12.6. The van der Waals surface area contributed by atoms with Gasteiger partial charge in [-0.2, -0.15) is 0 Å². The van der Waals surface area contributed by atoms with Crippen LogP contribution >= 0.6 is 11.8 Å². The first-order valence-electron chi connectivity index (χ1n) is 9.74. The normalized spacial score (nSPS) is 18.0. The van der Waals surface area contributed by atoms with Crippen LogP contribution in [0.3, 0.4) is 0 Å². The van der Waals surface area contributed by atoms with Crippen LogP contribution in [0.2, 0.25) is 0 Å². The molecule has 0 saturated carbocycles. The first-order chi connectivity index (χ1) is 13.7. The number of thioether (sulfide) groups is 1. The Labute approximate surface area is 176 Å². The summed E-state index contributed by atoms with van der Waals surface area (Å²) >= 11 is 1.34. The number of hydrogen-bond donors (Lipinski definition) is 1. The predicted molar refractivity (Wildman–Crippen MR) is 121 cm³/mol. The molecule has 2 aromatic rings. The van der Waals surface area contributed by atoms with Crippen molar-refractivity contribution in [2.45, 2.75) is 45.3 Å². The van der Waals surface area contributed by atoms with Gasteiger partial charge in [0.05, 0.1) is 5.69 Å². The topological polar surface area (TPSA) is 61.8 Å². The number of carbonyl (C=O) groups is 2. The number of aryl methyl sites for hydroxylation is 2. The monoisotopic (exact) mass is 409 g/mol. The number of hydrogen-bond acceptors (Lipinski definition) is 4. The third kappa shape index (κ3) is 5.07. The molecule has 0 aromatic heterocycles. The van der Waals surface area contributed by atoms with Gasteiger partial charge in [0.1, 0.15) is 5.25 Å². The average Bonchev–Trinajstić information content (AvgIpc) is 2.93.